The van der Waals surface area contributed by atoms with Crippen LogP contribution in [0.1, 0.15) is 12.5 Å². The number of benzene rings is 1. The highest BCUT2D eigenvalue weighted by Crippen LogP contribution is 2.33. The first-order valence-corrected chi connectivity index (χ1v) is 6.94. The first kappa shape index (κ1) is 15.9. The molecule has 2 aliphatic heterocycles. The van der Waals surface area contributed by atoms with E-state index >= 15 is 0 Å². The molecule has 0 spiro atoms. The number of aliphatic carboxylic acids is 1. The summed E-state index contributed by atoms with van der Waals surface area (Å²) in [6.07, 6.45) is 0.862. The molecule has 24 heavy (non-hydrogen) atoms. The first-order chi connectivity index (χ1) is 11.3. The van der Waals surface area contributed by atoms with Gasteiger partial charge in [-0.25, -0.2) is 13.6 Å². The Morgan fingerprint density at radius 2 is 2.00 bits per heavy atom. The Labute approximate surface area is 134 Å². The summed E-state index contributed by atoms with van der Waals surface area (Å²) in [7, 11) is 0. The number of rotatable bonds is 3. The van der Waals surface area contributed by atoms with Gasteiger partial charge in [0.15, 0.2) is 17.4 Å². The molecule has 3 rings (SSSR count). The van der Waals surface area contributed by atoms with Gasteiger partial charge in [-0.2, -0.15) is 0 Å². The van der Waals surface area contributed by atoms with Crippen LogP contribution in [0.4, 0.5) is 8.78 Å². The topological polar surface area (TPSA) is 83.9 Å². The van der Waals surface area contributed by atoms with E-state index in [0.717, 1.165) is 23.2 Å². The molecule has 0 saturated carbocycles. The number of fused-ring (bicyclic) bond motifs is 1. The molecule has 1 aromatic rings. The summed E-state index contributed by atoms with van der Waals surface area (Å²) in [5, 5.41) is 8.94. The van der Waals surface area contributed by atoms with Crippen LogP contribution < -0.4 is 0 Å². The van der Waals surface area contributed by atoms with Gasteiger partial charge < -0.3 is 9.84 Å². The Balaban J connectivity index is 1.93. The molecular weight excluding hydrogens is 324 g/mol. The molecule has 0 fully saturated rings. The van der Waals surface area contributed by atoms with Crippen LogP contribution in [0.2, 0.25) is 0 Å². The van der Waals surface area contributed by atoms with Gasteiger partial charge in [0.25, 0.3) is 0 Å². The zero-order valence-corrected chi connectivity index (χ0v) is 12.4. The molecule has 0 bridgehead atoms. The van der Waals surface area contributed by atoms with Crippen LogP contribution in [-0.4, -0.2) is 27.7 Å². The number of nitrogens with zero attached hydrogens (tertiary/aromatic N) is 1. The van der Waals surface area contributed by atoms with E-state index in [2.05, 4.69) is 0 Å². The maximum Gasteiger partial charge on any atom is 0.373 e. The fourth-order valence-electron chi connectivity index (χ4n) is 2.60. The molecule has 1 unspecified atom stereocenters. The number of halogens is 2. The molecule has 2 aliphatic rings. The molecule has 0 aromatic heterocycles. The van der Waals surface area contributed by atoms with Crippen LogP contribution in [0, 0.1) is 17.6 Å². The van der Waals surface area contributed by atoms with Crippen LogP contribution in [0.15, 0.2) is 41.6 Å². The van der Waals surface area contributed by atoms with E-state index in [-0.39, 0.29) is 23.4 Å². The third-order valence-electron chi connectivity index (χ3n) is 3.85. The Morgan fingerprint density at radius 3 is 2.62 bits per heavy atom. The summed E-state index contributed by atoms with van der Waals surface area (Å²) >= 11 is 0. The summed E-state index contributed by atoms with van der Waals surface area (Å²) < 4.78 is 31.3. The summed E-state index contributed by atoms with van der Waals surface area (Å²) in [6, 6.07) is 3.12. The molecule has 1 aromatic carbocycles. The van der Waals surface area contributed by atoms with E-state index in [1.165, 1.54) is 13.0 Å². The van der Waals surface area contributed by atoms with Crippen LogP contribution in [0.3, 0.4) is 0 Å². The van der Waals surface area contributed by atoms with Crippen molar-refractivity contribution in [3.8, 4) is 0 Å². The van der Waals surface area contributed by atoms with E-state index in [9.17, 15) is 23.2 Å². The molecule has 1 atom stereocenters. The summed E-state index contributed by atoms with van der Waals surface area (Å²) in [5.41, 5.74) is 0.370. The summed E-state index contributed by atoms with van der Waals surface area (Å²) in [6.45, 7) is 1.41. The number of hydrogen-bond donors (Lipinski definition) is 1. The number of ether oxygens (including phenoxy) is 1. The molecule has 2 heterocycles. The number of amides is 1. The molecule has 0 radical (unpaired) electrons. The van der Waals surface area contributed by atoms with Crippen molar-refractivity contribution in [3.63, 3.8) is 0 Å². The predicted octanol–water partition coefficient (Wildman–Crippen LogP) is 1.72. The van der Waals surface area contributed by atoms with Crippen molar-refractivity contribution >= 4 is 17.7 Å². The quantitative estimate of drug-likeness (QED) is 0.851. The van der Waals surface area contributed by atoms with Gasteiger partial charge in [-0.05, 0) is 31.0 Å². The first-order valence-electron chi connectivity index (χ1n) is 6.94. The highest BCUT2D eigenvalue weighted by Gasteiger charge is 2.44. The number of carbonyl (C=O) groups excluding carboxylic acids is 2. The van der Waals surface area contributed by atoms with Crippen molar-refractivity contribution in [1.82, 2.24) is 4.90 Å². The minimum atomic E-state index is -1.37. The monoisotopic (exact) mass is 335 g/mol. The lowest BCUT2D eigenvalue weighted by Gasteiger charge is -2.27. The molecular formula is C16H11F2NO5. The molecule has 124 valence electrons. The summed E-state index contributed by atoms with van der Waals surface area (Å²) in [4.78, 5) is 36.8. The Bertz CT molecular complexity index is 843. The van der Waals surface area contributed by atoms with E-state index in [4.69, 9.17) is 9.84 Å². The third-order valence-corrected chi connectivity index (χ3v) is 3.85. The number of hydrogen-bond acceptors (Lipinski definition) is 4. The molecule has 1 N–H and O–H groups in total. The number of ketones is 1. The minimum absolute atomic E-state index is 0.0923. The third kappa shape index (κ3) is 2.45. The van der Waals surface area contributed by atoms with E-state index in [0.29, 0.717) is 0 Å². The zero-order valence-electron chi connectivity index (χ0n) is 12.4. The van der Waals surface area contributed by atoms with Crippen molar-refractivity contribution in [2.45, 2.75) is 13.3 Å². The van der Waals surface area contributed by atoms with Crippen molar-refractivity contribution in [1.29, 1.82) is 0 Å². The number of carboxylic acid groups (broad SMARTS) is 1. The molecule has 0 aliphatic carbocycles. The van der Waals surface area contributed by atoms with Gasteiger partial charge in [0, 0.05) is 0 Å². The minimum Gasteiger partial charge on any atom is -0.475 e. The lowest BCUT2D eigenvalue weighted by Crippen LogP contribution is -2.41. The maximum absolute atomic E-state index is 13.3. The fraction of sp³-hybridized carbons (Fsp3) is 0.188. The van der Waals surface area contributed by atoms with E-state index in [1.54, 1.807) is 0 Å². The molecule has 8 heteroatoms. The average Bonchev–Trinajstić information content (AvgIpc) is 2.99. The number of Topliss-reactive ketones (excluding diaryl/α,β-unsaturated/α-hetero) is 1. The second-order valence-corrected chi connectivity index (χ2v) is 5.41. The van der Waals surface area contributed by atoms with Gasteiger partial charge in [-0.3, -0.25) is 14.5 Å². The van der Waals surface area contributed by atoms with Gasteiger partial charge in [0.1, 0.15) is 5.92 Å². The number of carboxylic acids is 1. The molecule has 0 saturated heterocycles. The zero-order chi connectivity index (χ0) is 17.6. The van der Waals surface area contributed by atoms with Gasteiger partial charge in [-0.15, -0.1) is 0 Å². The van der Waals surface area contributed by atoms with Crippen molar-refractivity contribution < 1.29 is 33.0 Å². The molecule has 1 amide bonds. The average molecular weight is 335 g/mol. The smallest absolute Gasteiger partial charge is 0.373 e. The van der Waals surface area contributed by atoms with Crippen LogP contribution in [0.5, 0.6) is 0 Å². The van der Waals surface area contributed by atoms with Gasteiger partial charge in [0.05, 0.1) is 11.8 Å². The number of allylic oxidation sites excluding steroid dienone is 1. The van der Waals surface area contributed by atoms with Crippen LogP contribution in [0.25, 0.3) is 0 Å². The van der Waals surface area contributed by atoms with Crippen molar-refractivity contribution in [2.24, 2.45) is 5.92 Å². The normalized spacial score (nSPS) is 20.0. The number of carbonyl (C=O) groups is 3. The lowest BCUT2D eigenvalue weighted by molar-refractivity contribution is -0.140. The Kier molecular flexibility index (Phi) is 3.67. The van der Waals surface area contributed by atoms with Crippen molar-refractivity contribution in [2.75, 3.05) is 0 Å². The van der Waals surface area contributed by atoms with Crippen LogP contribution in [-0.2, 0) is 25.5 Å². The predicted molar refractivity (Wildman–Crippen MR) is 74.9 cm³/mol. The second kappa shape index (κ2) is 5.55. The Hall–Kier alpha value is -3.03. The van der Waals surface area contributed by atoms with E-state index < -0.39 is 41.0 Å². The fourth-order valence-corrected chi connectivity index (χ4v) is 2.60. The SMILES string of the molecule is CC1=C2OC(C(=O)O)=CN2C(=O)C(Cc2ccc(F)c(F)c2)C1=O. The largest absolute Gasteiger partial charge is 0.475 e. The van der Waals surface area contributed by atoms with Crippen molar-refractivity contribution in [3.05, 3.63) is 58.8 Å². The maximum atomic E-state index is 13.3. The van der Waals surface area contributed by atoms with Gasteiger partial charge >= 0.3 is 5.97 Å². The summed E-state index contributed by atoms with van der Waals surface area (Å²) in [5.74, 6) is -6.47. The van der Waals surface area contributed by atoms with E-state index in [1.807, 2.05) is 0 Å². The van der Waals surface area contributed by atoms with Crippen LogP contribution >= 0.6 is 0 Å². The Morgan fingerprint density at radius 1 is 1.29 bits per heavy atom. The van der Waals surface area contributed by atoms with Gasteiger partial charge in [0.2, 0.25) is 17.5 Å². The van der Waals surface area contributed by atoms with Gasteiger partial charge in [-0.1, -0.05) is 6.07 Å². The highest BCUT2D eigenvalue weighted by molar-refractivity contribution is 6.13. The standard InChI is InChI=1S/C16H11F2NO5/c1-7-13(20)9(4-8-2-3-10(17)11(18)5-8)14(21)19-6-12(16(22)23)24-15(7)19/h2-3,5-6,9H,4H2,1H3,(H,22,23). The lowest BCUT2D eigenvalue weighted by atomic mass is 9.88. The molecule has 6 nitrogen and oxygen atoms in total. The second-order valence-electron chi connectivity index (χ2n) is 5.41. The highest BCUT2D eigenvalue weighted by atomic mass is 19.2.